The number of furan rings is 1. The minimum absolute atomic E-state index is 0.125. The Balaban J connectivity index is 1.69. The van der Waals surface area contributed by atoms with Crippen LogP contribution in [0.4, 0.5) is 4.79 Å². The fourth-order valence-corrected chi connectivity index (χ4v) is 4.07. The first-order valence-corrected chi connectivity index (χ1v) is 9.80. The normalized spacial score (nSPS) is 22.5. The van der Waals surface area contributed by atoms with E-state index < -0.39 is 12.0 Å². The van der Waals surface area contributed by atoms with Gasteiger partial charge in [-0.05, 0) is 38.4 Å². The number of aryl methyl sites for hydroxylation is 1. The number of likely N-dealkylation sites (tertiary alicyclic amines) is 1. The average molecular weight is 399 g/mol. The van der Waals surface area contributed by atoms with Gasteiger partial charge in [0, 0.05) is 31.7 Å². The van der Waals surface area contributed by atoms with Crippen LogP contribution in [0, 0.1) is 0 Å². The molecule has 2 aromatic heterocycles. The molecule has 1 fully saturated rings. The molecule has 0 aromatic carbocycles. The van der Waals surface area contributed by atoms with Gasteiger partial charge in [-0.3, -0.25) is 4.90 Å². The third-order valence-corrected chi connectivity index (χ3v) is 5.36. The van der Waals surface area contributed by atoms with Crippen LogP contribution < -0.4 is 10.6 Å². The summed E-state index contributed by atoms with van der Waals surface area (Å²) in [6.45, 7) is 3.27. The Morgan fingerprint density at radius 1 is 1.45 bits per heavy atom. The molecule has 0 radical (unpaired) electrons. The number of hydrogen-bond acceptors (Lipinski definition) is 6. The van der Waals surface area contributed by atoms with Crippen LogP contribution in [0.1, 0.15) is 43.4 Å². The smallest absolute Gasteiger partial charge is 0.338 e. The number of ether oxygens (including phenoxy) is 1. The molecule has 2 atom stereocenters. The molecule has 154 valence electrons. The van der Waals surface area contributed by atoms with Gasteiger partial charge in [-0.2, -0.15) is 0 Å². The molecule has 9 heteroatoms. The van der Waals surface area contributed by atoms with Crippen molar-refractivity contribution in [3.63, 3.8) is 0 Å². The van der Waals surface area contributed by atoms with Gasteiger partial charge < -0.3 is 24.4 Å². The predicted molar refractivity (Wildman–Crippen MR) is 104 cm³/mol. The van der Waals surface area contributed by atoms with E-state index in [0.717, 1.165) is 25.2 Å². The van der Waals surface area contributed by atoms with Crippen molar-refractivity contribution in [1.82, 2.24) is 25.1 Å². The monoisotopic (exact) mass is 399 g/mol. The lowest BCUT2D eigenvalue weighted by molar-refractivity contribution is -0.139. The number of rotatable bonds is 6. The molecule has 0 bridgehead atoms. The van der Waals surface area contributed by atoms with Crippen LogP contribution in [-0.2, 0) is 16.6 Å². The molecule has 0 saturated carbocycles. The summed E-state index contributed by atoms with van der Waals surface area (Å²) < 4.78 is 12.8. The second-order valence-corrected chi connectivity index (χ2v) is 7.18. The largest absolute Gasteiger partial charge is 0.467 e. The fraction of sp³-hybridized carbons (Fsp3) is 0.450. The first-order chi connectivity index (χ1) is 14.1. The van der Waals surface area contributed by atoms with E-state index in [2.05, 4.69) is 20.5 Å². The number of hydrogen-bond donors (Lipinski definition) is 2. The number of esters is 1. The van der Waals surface area contributed by atoms with Crippen molar-refractivity contribution in [3.05, 3.63) is 53.6 Å². The molecule has 4 rings (SSSR count). The summed E-state index contributed by atoms with van der Waals surface area (Å²) in [5.74, 6) is 0.996. The number of nitrogens with one attached hydrogen (secondary N) is 2. The van der Waals surface area contributed by atoms with Gasteiger partial charge in [-0.25, -0.2) is 14.6 Å². The Kier molecular flexibility index (Phi) is 5.39. The van der Waals surface area contributed by atoms with Gasteiger partial charge >= 0.3 is 12.0 Å². The van der Waals surface area contributed by atoms with Crippen molar-refractivity contribution < 1.29 is 18.7 Å². The molecule has 2 aliphatic heterocycles. The molecule has 1 saturated heterocycles. The second-order valence-electron chi connectivity index (χ2n) is 7.18. The molecule has 2 amide bonds. The van der Waals surface area contributed by atoms with Crippen molar-refractivity contribution in [2.75, 3.05) is 19.7 Å². The molecule has 2 aliphatic rings. The maximum Gasteiger partial charge on any atom is 0.338 e. The highest BCUT2D eigenvalue weighted by atomic mass is 16.5. The standard InChI is InChI=1S/C20H25N5O4/c1-3-28-19(26)16-13(22-20(27)23-17(16)15-7-5-11-29-15)12-25-9-4-6-14(25)18-21-8-10-24(18)2/h5,7-8,10-11,14,17H,3-4,6,9,12H2,1-2H3,(H2,22,23,27). The molecule has 2 aromatic rings. The van der Waals surface area contributed by atoms with E-state index in [1.54, 1.807) is 25.3 Å². The van der Waals surface area contributed by atoms with Crippen LogP contribution in [0.25, 0.3) is 0 Å². The summed E-state index contributed by atoms with van der Waals surface area (Å²) in [7, 11) is 1.97. The van der Waals surface area contributed by atoms with Gasteiger partial charge in [-0.1, -0.05) is 0 Å². The van der Waals surface area contributed by atoms with E-state index >= 15 is 0 Å². The minimum atomic E-state index is -0.693. The Morgan fingerprint density at radius 3 is 3.00 bits per heavy atom. The van der Waals surface area contributed by atoms with Crippen LogP contribution in [0.15, 0.2) is 46.5 Å². The van der Waals surface area contributed by atoms with Crippen molar-refractivity contribution in [2.45, 2.75) is 31.8 Å². The van der Waals surface area contributed by atoms with Crippen molar-refractivity contribution >= 4 is 12.0 Å². The summed E-state index contributed by atoms with van der Waals surface area (Å²) in [6, 6.07) is 2.52. The number of imidazole rings is 1. The third kappa shape index (κ3) is 3.77. The van der Waals surface area contributed by atoms with Crippen LogP contribution >= 0.6 is 0 Å². The summed E-state index contributed by atoms with van der Waals surface area (Å²) in [4.78, 5) is 31.9. The lowest BCUT2D eigenvalue weighted by Crippen LogP contribution is -2.48. The van der Waals surface area contributed by atoms with Crippen molar-refractivity contribution in [1.29, 1.82) is 0 Å². The van der Waals surface area contributed by atoms with E-state index in [1.807, 2.05) is 17.8 Å². The lowest BCUT2D eigenvalue weighted by atomic mass is 9.99. The number of carbonyl (C=O) groups excluding carboxylic acids is 2. The fourth-order valence-electron chi connectivity index (χ4n) is 4.07. The molecule has 0 aliphatic carbocycles. The van der Waals surface area contributed by atoms with Crippen LogP contribution in [-0.4, -0.2) is 46.1 Å². The van der Waals surface area contributed by atoms with Crippen LogP contribution in [0.3, 0.4) is 0 Å². The lowest BCUT2D eigenvalue weighted by Gasteiger charge is -2.31. The highest BCUT2D eigenvalue weighted by Gasteiger charge is 2.37. The second kappa shape index (κ2) is 8.12. The molecule has 2 unspecified atom stereocenters. The van der Waals surface area contributed by atoms with E-state index in [4.69, 9.17) is 9.15 Å². The summed E-state index contributed by atoms with van der Waals surface area (Å²) in [6.07, 6.45) is 7.22. The first-order valence-electron chi connectivity index (χ1n) is 9.80. The van der Waals surface area contributed by atoms with E-state index in [0.29, 0.717) is 23.6 Å². The number of aromatic nitrogens is 2. The minimum Gasteiger partial charge on any atom is -0.467 e. The number of amides is 2. The third-order valence-electron chi connectivity index (χ3n) is 5.36. The van der Waals surface area contributed by atoms with Crippen LogP contribution in [0.5, 0.6) is 0 Å². The van der Waals surface area contributed by atoms with Crippen molar-refractivity contribution in [2.24, 2.45) is 7.05 Å². The summed E-state index contributed by atoms with van der Waals surface area (Å²) in [5, 5.41) is 5.60. The van der Waals surface area contributed by atoms with Crippen LogP contribution in [0.2, 0.25) is 0 Å². The zero-order valence-electron chi connectivity index (χ0n) is 16.6. The number of urea groups is 1. The van der Waals surface area contributed by atoms with Gasteiger partial charge in [-0.15, -0.1) is 0 Å². The highest BCUT2D eigenvalue weighted by molar-refractivity contribution is 5.95. The van der Waals surface area contributed by atoms with Gasteiger partial charge in [0.2, 0.25) is 0 Å². The Hall–Kier alpha value is -3.07. The van der Waals surface area contributed by atoms with Gasteiger partial charge in [0.15, 0.2) is 0 Å². The predicted octanol–water partition coefficient (Wildman–Crippen LogP) is 2.02. The maximum absolute atomic E-state index is 12.8. The summed E-state index contributed by atoms with van der Waals surface area (Å²) >= 11 is 0. The Bertz CT molecular complexity index is 917. The highest BCUT2D eigenvalue weighted by Crippen LogP contribution is 2.34. The van der Waals surface area contributed by atoms with Gasteiger partial charge in [0.25, 0.3) is 0 Å². The zero-order chi connectivity index (χ0) is 20.4. The maximum atomic E-state index is 12.8. The van der Waals surface area contributed by atoms with E-state index in [1.165, 1.54) is 6.26 Å². The Morgan fingerprint density at radius 2 is 2.31 bits per heavy atom. The first kappa shape index (κ1) is 19.3. The molecule has 4 heterocycles. The van der Waals surface area contributed by atoms with Gasteiger partial charge in [0.05, 0.1) is 24.5 Å². The quantitative estimate of drug-likeness (QED) is 0.721. The molecule has 29 heavy (non-hydrogen) atoms. The van der Waals surface area contributed by atoms with E-state index in [-0.39, 0.29) is 18.7 Å². The SMILES string of the molecule is CCOC(=O)C1=C(CN2CCCC2c2nccn2C)NC(=O)NC1c1ccco1. The zero-order valence-corrected chi connectivity index (χ0v) is 16.6. The number of nitrogens with zero attached hydrogens (tertiary/aromatic N) is 3. The van der Waals surface area contributed by atoms with Gasteiger partial charge in [0.1, 0.15) is 17.6 Å². The molecule has 2 N–H and O–H groups in total. The molecular weight excluding hydrogens is 374 g/mol. The summed E-state index contributed by atoms with van der Waals surface area (Å²) in [5.41, 5.74) is 0.904. The Labute approximate surface area is 168 Å². The topological polar surface area (TPSA) is 102 Å². The number of carbonyl (C=O) groups is 2. The van der Waals surface area contributed by atoms with E-state index in [9.17, 15) is 9.59 Å². The molecular formula is C20H25N5O4. The van der Waals surface area contributed by atoms with Crippen molar-refractivity contribution in [3.8, 4) is 0 Å². The molecule has 9 nitrogen and oxygen atoms in total. The average Bonchev–Trinajstić information content (AvgIpc) is 3.43. The molecule has 0 spiro atoms.